The first-order valence-electron chi connectivity index (χ1n) is 6.34. The van der Waals surface area contributed by atoms with Gasteiger partial charge in [0.15, 0.2) is 0 Å². The van der Waals surface area contributed by atoms with E-state index in [9.17, 15) is 4.79 Å². The van der Waals surface area contributed by atoms with Crippen LogP contribution in [0.25, 0.3) is 0 Å². The Hall–Kier alpha value is -0.610. The molecule has 2 N–H and O–H groups in total. The summed E-state index contributed by atoms with van der Waals surface area (Å²) in [4.78, 5) is 14.4. The molecular formula is C12H23N3O. The molecule has 2 aliphatic heterocycles. The number of piperidine rings is 1. The van der Waals surface area contributed by atoms with E-state index in [2.05, 4.69) is 24.5 Å². The second-order valence-electron chi connectivity index (χ2n) is 5.55. The third-order valence-electron chi connectivity index (χ3n) is 3.80. The van der Waals surface area contributed by atoms with Crippen LogP contribution in [0.1, 0.15) is 26.7 Å². The van der Waals surface area contributed by atoms with Crippen molar-refractivity contribution in [2.75, 3.05) is 32.7 Å². The van der Waals surface area contributed by atoms with Gasteiger partial charge in [-0.05, 0) is 24.8 Å². The summed E-state index contributed by atoms with van der Waals surface area (Å²) in [6.07, 6.45) is 2.32. The average molecular weight is 225 g/mol. The second-order valence-corrected chi connectivity index (χ2v) is 5.55. The summed E-state index contributed by atoms with van der Waals surface area (Å²) in [6, 6.07) is 0.0133. The number of carbonyl (C=O) groups is 1. The molecule has 0 aliphatic carbocycles. The molecule has 16 heavy (non-hydrogen) atoms. The number of nitrogens with zero attached hydrogens (tertiary/aromatic N) is 1. The fourth-order valence-electron chi connectivity index (χ4n) is 2.70. The lowest BCUT2D eigenvalue weighted by molar-refractivity contribution is -0.138. The molecule has 0 aromatic carbocycles. The zero-order valence-electron chi connectivity index (χ0n) is 10.4. The largest absolute Gasteiger partial charge is 0.339 e. The molecule has 4 nitrogen and oxygen atoms in total. The van der Waals surface area contributed by atoms with Crippen molar-refractivity contribution in [3.05, 3.63) is 0 Å². The van der Waals surface area contributed by atoms with Crippen molar-refractivity contribution in [3.63, 3.8) is 0 Å². The molecular weight excluding hydrogens is 202 g/mol. The van der Waals surface area contributed by atoms with E-state index in [0.717, 1.165) is 39.1 Å². The molecule has 0 aromatic heterocycles. The minimum Gasteiger partial charge on any atom is -0.339 e. The van der Waals surface area contributed by atoms with Gasteiger partial charge in [-0.3, -0.25) is 4.79 Å². The van der Waals surface area contributed by atoms with Crippen LogP contribution < -0.4 is 10.6 Å². The number of piperazine rings is 1. The summed E-state index contributed by atoms with van der Waals surface area (Å²) in [6.45, 7) is 8.94. The molecule has 2 fully saturated rings. The average Bonchev–Trinajstić information content (AvgIpc) is 2.29. The first-order chi connectivity index (χ1) is 7.61. The van der Waals surface area contributed by atoms with E-state index in [1.54, 1.807) is 0 Å². The van der Waals surface area contributed by atoms with Crippen LogP contribution in [-0.4, -0.2) is 49.6 Å². The fraction of sp³-hybridized carbons (Fsp3) is 0.917. The zero-order chi connectivity index (χ0) is 11.6. The van der Waals surface area contributed by atoms with Gasteiger partial charge in [0.25, 0.3) is 0 Å². The van der Waals surface area contributed by atoms with Crippen molar-refractivity contribution in [1.82, 2.24) is 15.5 Å². The van der Waals surface area contributed by atoms with Gasteiger partial charge in [-0.15, -0.1) is 0 Å². The van der Waals surface area contributed by atoms with Crippen molar-refractivity contribution in [1.29, 1.82) is 0 Å². The van der Waals surface area contributed by atoms with Crippen LogP contribution in [0.2, 0.25) is 0 Å². The Balaban J connectivity index is 2.01. The Labute approximate surface area is 97.8 Å². The van der Waals surface area contributed by atoms with Gasteiger partial charge in [0.05, 0.1) is 6.04 Å². The quantitative estimate of drug-likeness (QED) is 0.670. The predicted octanol–water partition coefficient (Wildman–Crippen LogP) is 0.196. The number of hydrogen-bond acceptors (Lipinski definition) is 3. The number of carbonyl (C=O) groups excluding carboxylic acids is 1. The summed E-state index contributed by atoms with van der Waals surface area (Å²) < 4.78 is 0. The van der Waals surface area contributed by atoms with Crippen molar-refractivity contribution < 1.29 is 4.79 Å². The van der Waals surface area contributed by atoms with Crippen molar-refractivity contribution in [3.8, 4) is 0 Å². The summed E-state index contributed by atoms with van der Waals surface area (Å²) in [5.41, 5.74) is 0.0974. The first-order valence-corrected chi connectivity index (χ1v) is 6.34. The normalized spacial score (nSPS) is 30.1. The number of hydrogen-bond donors (Lipinski definition) is 2. The topological polar surface area (TPSA) is 44.4 Å². The van der Waals surface area contributed by atoms with Crippen LogP contribution in [0.5, 0.6) is 0 Å². The molecule has 1 amide bonds. The fourth-order valence-corrected chi connectivity index (χ4v) is 2.70. The maximum atomic E-state index is 12.4. The second kappa shape index (κ2) is 4.72. The van der Waals surface area contributed by atoms with E-state index in [4.69, 9.17) is 0 Å². The number of rotatable bonds is 1. The van der Waals surface area contributed by atoms with Gasteiger partial charge in [0.1, 0.15) is 0 Å². The Bertz CT molecular complexity index is 259. The molecule has 0 aromatic rings. The monoisotopic (exact) mass is 225 g/mol. The van der Waals surface area contributed by atoms with Gasteiger partial charge in [0.2, 0.25) is 5.91 Å². The lowest BCUT2D eigenvalue weighted by Crippen LogP contribution is -2.59. The Kier molecular flexibility index (Phi) is 3.50. The first kappa shape index (κ1) is 11.9. The summed E-state index contributed by atoms with van der Waals surface area (Å²) in [5, 5.41) is 6.67. The number of nitrogens with one attached hydrogen (secondary N) is 2. The highest BCUT2D eigenvalue weighted by atomic mass is 16.2. The van der Waals surface area contributed by atoms with Gasteiger partial charge in [-0.25, -0.2) is 0 Å². The molecule has 0 spiro atoms. The van der Waals surface area contributed by atoms with Crippen LogP contribution >= 0.6 is 0 Å². The Morgan fingerprint density at radius 3 is 2.56 bits per heavy atom. The van der Waals surface area contributed by atoms with Crippen LogP contribution in [0.4, 0.5) is 0 Å². The maximum Gasteiger partial charge on any atom is 0.240 e. The van der Waals surface area contributed by atoms with Crippen LogP contribution in [0, 0.1) is 5.41 Å². The van der Waals surface area contributed by atoms with Gasteiger partial charge in [-0.1, -0.05) is 13.8 Å². The highest BCUT2D eigenvalue weighted by molar-refractivity contribution is 5.83. The maximum absolute atomic E-state index is 12.4. The molecule has 92 valence electrons. The van der Waals surface area contributed by atoms with Crippen LogP contribution in [0.15, 0.2) is 0 Å². The van der Waals surface area contributed by atoms with E-state index < -0.39 is 0 Å². The molecule has 2 rings (SSSR count). The third-order valence-corrected chi connectivity index (χ3v) is 3.80. The van der Waals surface area contributed by atoms with E-state index >= 15 is 0 Å². The van der Waals surface area contributed by atoms with Crippen molar-refractivity contribution in [2.45, 2.75) is 32.7 Å². The van der Waals surface area contributed by atoms with Crippen molar-refractivity contribution in [2.24, 2.45) is 5.41 Å². The van der Waals surface area contributed by atoms with Crippen molar-refractivity contribution >= 4 is 5.91 Å². The molecule has 0 bridgehead atoms. The lowest BCUT2D eigenvalue weighted by Gasteiger charge is -2.41. The van der Waals surface area contributed by atoms with Crippen LogP contribution in [0.3, 0.4) is 0 Å². The molecule has 1 unspecified atom stereocenters. The minimum atomic E-state index is 0.0133. The van der Waals surface area contributed by atoms with Gasteiger partial charge >= 0.3 is 0 Å². The smallest absolute Gasteiger partial charge is 0.240 e. The molecule has 2 heterocycles. The van der Waals surface area contributed by atoms with E-state index in [-0.39, 0.29) is 11.5 Å². The highest BCUT2D eigenvalue weighted by Gasteiger charge is 2.39. The molecule has 2 aliphatic rings. The van der Waals surface area contributed by atoms with E-state index in [1.807, 2.05) is 4.90 Å². The standard InChI is InChI=1S/C12H23N3O/c1-12(2)4-3-5-14-10(12)11(16)15-8-6-13-7-9-15/h10,13-14H,3-9H2,1-2H3. The minimum absolute atomic E-state index is 0.0133. The molecule has 0 saturated carbocycles. The summed E-state index contributed by atoms with van der Waals surface area (Å²) in [7, 11) is 0. The Morgan fingerprint density at radius 1 is 1.25 bits per heavy atom. The zero-order valence-corrected chi connectivity index (χ0v) is 10.4. The molecule has 2 saturated heterocycles. The lowest BCUT2D eigenvalue weighted by atomic mass is 9.77. The summed E-state index contributed by atoms with van der Waals surface area (Å²) in [5.74, 6) is 0.297. The van der Waals surface area contributed by atoms with E-state index in [0.29, 0.717) is 5.91 Å². The van der Waals surface area contributed by atoms with E-state index in [1.165, 1.54) is 6.42 Å². The third kappa shape index (κ3) is 2.38. The molecule has 4 heteroatoms. The van der Waals surface area contributed by atoms with Gasteiger partial charge in [0, 0.05) is 26.2 Å². The number of amides is 1. The predicted molar refractivity (Wildman–Crippen MR) is 64.3 cm³/mol. The SMILES string of the molecule is CC1(C)CCCNC1C(=O)N1CCNCC1. The van der Waals surface area contributed by atoms with Gasteiger partial charge in [-0.2, -0.15) is 0 Å². The molecule has 0 radical (unpaired) electrons. The van der Waals surface area contributed by atoms with Gasteiger partial charge < -0.3 is 15.5 Å². The Morgan fingerprint density at radius 2 is 1.94 bits per heavy atom. The highest BCUT2D eigenvalue weighted by Crippen LogP contribution is 2.31. The molecule has 1 atom stereocenters. The summed E-state index contributed by atoms with van der Waals surface area (Å²) >= 11 is 0. The van der Waals surface area contributed by atoms with Crippen LogP contribution in [-0.2, 0) is 4.79 Å².